The summed E-state index contributed by atoms with van der Waals surface area (Å²) < 4.78 is 5.61. The van der Waals surface area contributed by atoms with Crippen LogP contribution in [0.4, 0.5) is 11.4 Å². The highest BCUT2D eigenvalue weighted by atomic mass is 32.2. The Morgan fingerprint density at radius 2 is 1.75 bits per heavy atom. The number of nitrogens with zero attached hydrogens (tertiary/aromatic N) is 3. The van der Waals surface area contributed by atoms with Crippen LogP contribution in [0.15, 0.2) is 64.2 Å². The van der Waals surface area contributed by atoms with E-state index in [1.807, 2.05) is 42.5 Å². The first kappa shape index (κ1) is 18.6. The number of anilines is 2. The van der Waals surface area contributed by atoms with Crippen molar-refractivity contribution in [2.75, 3.05) is 29.1 Å². The van der Waals surface area contributed by atoms with Crippen LogP contribution in [0.1, 0.15) is 19.3 Å². The number of benzene rings is 2. The topological polar surface area (TPSA) is 71.3 Å². The number of rotatable bonds is 6. The maximum absolute atomic E-state index is 12.2. The van der Waals surface area contributed by atoms with Crippen LogP contribution in [0, 0.1) is 0 Å². The zero-order valence-electron chi connectivity index (χ0n) is 15.5. The van der Waals surface area contributed by atoms with Crippen LogP contribution in [0.5, 0.6) is 0 Å². The van der Waals surface area contributed by atoms with Gasteiger partial charge in [-0.3, -0.25) is 4.79 Å². The van der Waals surface area contributed by atoms with Gasteiger partial charge in [-0.05, 0) is 55.7 Å². The molecule has 4 rings (SSSR count). The van der Waals surface area contributed by atoms with Crippen molar-refractivity contribution in [1.29, 1.82) is 0 Å². The Kier molecular flexibility index (Phi) is 5.92. The number of hydrogen-bond acceptors (Lipinski definition) is 6. The monoisotopic (exact) mass is 394 g/mol. The molecule has 1 fully saturated rings. The molecular weight excluding hydrogens is 372 g/mol. The molecule has 0 spiro atoms. The van der Waals surface area contributed by atoms with Crippen molar-refractivity contribution in [1.82, 2.24) is 10.2 Å². The summed E-state index contributed by atoms with van der Waals surface area (Å²) >= 11 is 1.23. The predicted molar refractivity (Wildman–Crippen MR) is 112 cm³/mol. The molecule has 1 aromatic heterocycles. The second kappa shape index (κ2) is 8.93. The summed E-state index contributed by atoms with van der Waals surface area (Å²) in [5.41, 5.74) is 2.87. The van der Waals surface area contributed by atoms with Gasteiger partial charge in [0, 0.05) is 30.0 Å². The molecule has 2 heterocycles. The second-order valence-electron chi connectivity index (χ2n) is 6.67. The first-order chi connectivity index (χ1) is 13.8. The largest absolute Gasteiger partial charge is 0.411 e. The fraction of sp³-hybridized carbons (Fsp3) is 0.286. The van der Waals surface area contributed by atoms with Gasteiger partial charge in [0.1, 0.15) is 0 Å². The molecule has 0 unspecified atom stereocenters. The summed E-state index contributed by atoms with van der Waals surface area (Å²) in [5, 5.41) is 11.3. The lowest BCUT2D eigenvalue weighted by Gasteiger charge is -2.28. The first-order valence-corrected chi connectivity index (χ1v) is 10.4. The highest BCUT2D eigenvalue weighted by Crippen LogP contribution is 2.24. The van der Waals surface area contributed by atoms with Gasteiger partial charge in [0.25, 0.3) is 5.22 Å². The molecule has 0 aliphatic carbocycles. The highest BCUT2D eigenvalue weighted by Gasteiger charge is 2.13. The molecule has 1 aliphatic rings. The van der Waals surface area contributed by atoms with E-state index >= 15 is 0 Å². The van der Waals surface area contributed by atoms with Crippen molar-refractivity contribution < 1.29 is 9.21 Å². The van der Waals surface area contributed by atoms with Crippen LogP contribution in [-0.4, -0.2) is 34.9 Å². The third-order valence-corrected chi connectivity index (χ3v) is 5.44. The number of carbonyl (C=O) groups excluding carboxylic acids is 1. The Morgan fingerprint density at radius 3 is 2.50 bits per heavy atom. The molecule has 0 atom stereocenters. The van der Waals surface area contributed by atoms with Gasteiger partial charge in [0.15, 0.2) is 0 Å². The molecule has 144 valence electrons. The second-order valence-corrected chi connectivity index (χ2v) is 7.60. The van der Waals surface area contributed by atoms with E-state index < -0.39 is 0 Å². The van der Waals surface area contributed by atoms with Gasteiger partial charge < -0.3 is 14.6 Å². The number of nitrogens with one attached hydrogen (secondary N) is 1. The molecule has 0 radical (unpaired) electrons. The lowest BCUT2D eigenvalue weighted by atomic mass is 10.1. The Hall–Kier alpha value is -2.80. The van der Waals surface area contributed by atoms with E-state index in [0.717, 1.165) is 24.3 Å². The smallest absolute Gasteiger partial charge is 0.277 e. The Labute approximate surface area is 168 Å². The van der Waals surface area contributed by atoms with Gasteiger partial charge in [-0.25, -0.2) is 0 Å². The summed E-state index contributed by atoms with van der Waals surface area (Å²) in [6.45, 7) is 2.22. The van der Waals surface area contributed by atoms with Gasteiger partial charge in [0.2, 0.25) is 11.8 Å². The molecule has 0 saturated carbocycles. The lowest BCUT2D eigenvalue weighted by molar-refractivity contribution is -0.113. The lowest BCUT2D eigenvalue weighted by Crippen LogP contribution is -2.29. The molecule has 0 bridgehead atoms. The number of amides is 1. The summed E-state index contributed by atoms with van der Waals surface area (Å²) in [6.07, 6.45) is 3.81. The Bertz CT molecular complexity index is 906. The molecule has 28 heavy (non-hydrogen) atoms. The van der Waals surface area contributed by atoms with Crippen molar-refractivity contribution in [3.8, 4) is 11.5 Å². The molecule has 1 amide bonds. The average Bonchev–Trinajstić information content (AvgIpc) is 3.23. The average molecular weight is 395 g/mol. The fourth-order valence-corrected chi connectivity index (χ4v) is 3.76. The maximum atomic E-state index is 12.2. The zero-order chi connectivity index (χ0) is 19.2. The highest BCUT2D eigenvalue weighted by molar-refractivity contribution is 7.99. The van der Waals surface area contributed by atoms with E-state index in [0.29, 0.717) is 11.1 Å². The number of hydrogen-bond donors (Lipinski definition) is 1. The van der Waals surface area contributed by atoms with Crippen molar-refractivity contribution in [3.63, 3.8) is 0 Å². The van der Waals surface area contributed by atoms with Crippen molar-refractivity contribution in [3.05, 3.63) is 54.6 Å². The number of aromatic nitrogens is 2. The van der Waals surface area contributed by atoms with Crippen LogP contribution in [-0.2, 0) is 4.79 Å². The fourth-order valence-electron chi connectivity index (χ4n) is 3.20. The van der Waals surface area contributed by atoms with E-state index in [4.69, 9.17) is 4.42 Å². The third-order valence-electron chi connectivity index (χ3n) is 4.63. The number of thioether (sulfide) groups is 1. The minimum absolute atomic E-state index is 0.102. The van der Waals surface area contributed by atoms with E-state index in [9.17, 15) is 4.79 Å². The normalized spacial score (nSPS) is 14.1. The van der Waals surface area contributed by atoms with Crippen molar-refractivity contribution >= 4 is 29.0 Å². The Morgan fingerprint density at radius 1 is 1.00 bits per heavy atom. The summed E-state index contributed by atoms with van der Waals surface area (Å²) in [4.78, 5) is 14.6. The van der Waals surface area contributed by atoms with Crippen molar-refractivity contribution in [2.24, 2.45) is 0 Å². The molecule has 1 saturated heterocycles. The van der Waals surface area contributed by atoms with Gasteiger partial charge in [-0.2, -0.15) is 0 Å². The number of carbonyl (C=O) groups is 1. The molecule has 1 aliphatic heterocycles. The van der Waals surface area contributed by atoms with Crippen LogP contribution in [0.3, 0.4) is 0 Å². The van der Waals surface area contributed by atoms with Crippen LogP contribution in [0.2, 0.25) is 0 Å². The maximum Gasteiger partial charge on any atom is 0.277 e. The molecule has 1 N–H and O–H groups in total. The van der Waals surface area contributed by atoms with Gasteiger partial charge in [-0.1, -0.05) is 30.0 Å². The van der Waals surface area contributed by atoms with Gasteiger partial charge >= 0.3 is 0 Å². The molecular formula is C21H22N4O2S. The predicted octanol–water partition coefficient (Wildman–Crippen LogP) is 4.46. The summed E-state index contributed by atoms with van der Waals surface area (Å²) in [7, 11) is 0. The number of piperidine rings is 1. The quantitative estimate of drug-likeness (QED) is 0.623. The minimum atomic E-state index is -0.102. The molecule has 3 aromatic rings. The van der Waals surface area contributed by atoms with E-state index in [2.05, 4.69) is 32.5 Å². The first-order valence-electron chi connectivity index (χ1n) is 9.44. The molecule has 2 aromatic carbocycles. The van der Waals surface area contributed by atoms with Crippen LogP contribution >= 0.6 is 11.8 Å². The third kappa shape index (κ3) is 4.72. The summed E-state index contributed by atoms with van der Waals surface area (Å²) in [6, 6.07) is 17.6. The van der Waals surface area contributed by atoms with Crippen molar-refractivity contribution in [2.45, 2.75) is 24.5 Å². The van der Waals surface area contributed by atoms with E-state index in [-0.39, 0.29) is 11.7 Å². The van der Waals surface area contributed by atoms with Crippen LogP contribution in [0.25, 0.3) is 11.5 Å². The van der Waals surface area contributed by atoms with E-state index in [1.165, 1.54) is 36.7 Å². The van der Waals surface area contributed by atoms with Gasteiger partial charge in [-0.15, -0.1) is 10.2 Å². The molecule has 7 heteroatoms. The SMILES string of the molecule is O=C(CSc1nnc(-c2ccccc2)o1)Nc1ccc(N2CCCCC2)cc1. The van der Waals surface area contributed by atoms with Gasteiger partial charge in [0.05, 0.1) is 5.75 Å². The van der Waals surface area contributed by atoms with Crippen LogP contribution < -0.4 is 10.2 Å². The standard InChI is InChI=1S/C21H22N4O2S/c26-19(15-28-21-24-23-20(27-21)16-7-3-1-4-8-16)22-17-9-11-18(12-10-17)25-13-5-2-6-14-25/h1,3-4,7-12H,2,5-6,13-15H2,(H,22,26). The minimum Gasteiger partial charge on any atom is -0.411 e. The zero-order valence-corrected chi connectivity index (χ0v) is 16.3. The Balaban J connectivity index is 1.28. The summed E-state index contributed by atoms with van der Waals surface area (Å²) in [5.74, 6) is 0.566. The molecule has 6 nitrogen and oxygen atoms in total. The van der Waals surface area contributed by atoms with E-state index in [1.54, 1.807) is 0 Å².